The van der Waals surface area contributed by atoms with Crippen molar-refractivity contribution < 1.29 is 4.74 Å². The fourth-order valence-corrected chi connectivity index (χ4v) is 2.55. The monoisotopic (exact) mass is 274 g/mol. The summed E-state index contributed by atoms with van der Waals surface area (Å²) in [7, 11) is 1.54. The van der Waals surface area contributed by atoms with Gasteiger partial charge in [0.05, 0.1) is 22.0 Å². The van der Waals surface area contributed by atoms with Gasteiger partial charge in [0, 0.05) is 17.8 Å². The van der Waals surface area contributed by atoms with Gasteiger partial charge in [-0.2, -0.15) is 0 Å². The van der Waals surface area contributed by atoms with Crippen LogP contribution in [0.2, 0.25) is 10.0 Å². The van der Waals surface area contributed by atoms with Gasteiger partial charge in [-0.05, 0) is 6.07 Å². The van der Waals surface area contributed by atoms with Crippen molar-refractivity contribution in [1.82, 2.24) is 4.98 Å². The zero-order valence-corrected chi connectivity index (χ0v) is 10.7. The van der Waals surface area contributed by atoms with Gasteiger partial charge >= 0.3 is 0 Å². The number of rotatable bonds is 2. The Labute approximate surface area is 107 Å². The second-order valence-electron chi connectivity index (χ2n) is 3.03. The zero-order valence-electron chi connectivity index (χ0n) is 8.33. The molecule has 2 aromatic rings. The minimum absolute atomic E-state index is 0.498. The molecular weight excluding hydrogens is 267 g/mol. The number of methoxy groups -OCH3 is 1. The Morgan fingerprint density at radius 3 is 2.62 bits per heavy atom. The first-order chi connectivity index (χ1) is 7.61. The Hall–Kier alpha value is -0.970. The Kier molecular flexibility index (Phi) is 3.23. The molecule has 2 N–H and O–H groups in total. The fourth-order valence-electron chi connectivity index (χ4n) is 1.29. The summed E-state index contributed by atoms with van der Waals surface area (Å²) in [6.07, 6.45) is 1.67. The molecule has 1 aromatic heterocycles. The van der Waals surface area contributed by atoms with Crippen molar-refractivity contribution in [3.05, 3.63) is 28.4 Å². The normalized spacial score (nSPS) is 10.4. The number of nitrogens with zero attached hydrogens (tertiary/aromatic N) is 1. The summed E-state index contributed by atoms with van der Waals surface area (Å²) in [5, 5.41) is 1.57. The van der Waals surface area contributed by atoms with Gasteiger partial charge in [0.1, 0.15) is 5.75 Å². The molecule has 0 aliphatic carbocycles. The summed E-state index contributed by atoms with van der Waals surface area (Å²) >= 11 is 13.5. The van der Waals surface area contributed by atoms with Crippen LogP contribution in [0.25, 0.3) is 10.4 Å². The molecule has 0 aliphatic rings. The molecule has 0 atom stereocenters. The van der Waals surface area contributed by atoms with E-state index in [4.69, 9.17) is 33.7 Å². The van der Waals surface area contributed by atoms with Gasteiger partial charge in [0.15, 0.2) is 5.13 Å². The number of aromatic nitrogens is 1. The third kappa shape index (κ3) is 2.09. The maximum absolute atomic E-state index is 6.12. The van der Waals surface area contributed by atoms with E-state index < -0.39 is 0 Å². The van der Waals surface area contributed by atoms with E-state index in [1.807, 2.05) is 0 Å². The topological polar surface area (TPSA) is 48.1 Å². The predicted octanol–water partition coefficient (Wildman–Crippen LogP) is 3.71. The number of thiazole rings is 1. The van der Waals surface area contributed by atoms with Crippen LogP contribution in [0.3, 0.4) is 0 Å². The van der Waals surface area contributed by atoms with Gasteiger partial charge in [0.2, 0.25) is 0 Å². The lowest BCUT2D eigenvalue weighted by Gasteiger charge is -2.06. The first-order valence-corrected chi connectivity index (χ1v) is 5.93. The maximum Gasteiger partial charge on any atom is 0.180 e. The van der Waals surface area contributed by atoms with Crippen LogP contribution in [-0.2, 0) is 0 Å². The van der Waals surface area contributed by atoms with E-state index in [1.165, 1.54) is 11.3 Å². The molecule has 0 amide bonds. The third-order valence-corrected chi connectivity index (χ3v) is 3.50. The molecule has 0 fully saturated rings. The van der Waals surface area contributed by atoms with Crippen molar-refractivity contribution >= 4 is 39.7 Å². The molecule has 3 nitrogen and oxygen atoms in total. The first-order valence-electron chi connectivity index (χ1n) is 4.36. The van der Waals surface area contributed by atoms with Crippen molar-refractivity contribution in [3.8, 4) is 16.2 Å². The fraction of sp³-hybridized carbons (Fsp3) is 0.100. The minimum Gasteiger partial charge on any atom is -0.495 e. The van der Waals surface area contributed by atoms with Gasteiger partial charge in [-0.3, -0.25) is 0 Å². The number of anilines is 1. The van der Waals surface area contributed by atoms with Crippen LogP contribution in [0.4, 0.5) is 5.13 Å². The Morgan fingerprint density at radius 2 is 2.06 bits per heavy atom. The lowest BCUT2D eigenvalue weighted by atomic mass is 10.2. The smallest absolute Gasteiger partial charge is 0.180 e. The Bertz CT molecular complexity index is 528. The molecule has 1 aromatic carbocycles. The van der Waals surface area contributed by atoms with E-state index in [0.29, 0.717) is 20.9 Å². The van der Waals surface area contributed by atoms with Gasteiger partial charge < -0.3 is 10.5 Å². The summed E-state index contributed by atoms with van der Waals surface area (Å²) in [4.78, 5) is 4.85. The highest BCUT2D eigenvalue weighted by molar-refractivity contribution is 7.18. The van der Waals surface area contributed by atoms with Gasteiger partial charge in [-0.25, -0.2) is 4.98 Å². The Morgan fingerprint density at radius 1 is 1.31 bits per heavy atom. The van der Waals surface area contributed by atoms with E-state index in [9.17, 15) is 0 Å². The molecule has 0 aliphatic heterocycles. The molecule has 0 bridgehead atoms. The molecule has 2 rings (SSSR count). The van der Waals surface area contributed by atoms with Crippen LogP contribution in [0.15, 0.2) is 18.3 Å². The van der Waals surface area contributed by atoms with E-state index in [1.54, 1.807) is 25.4 Å². The van der Waals surface area contributed by atoms with Gasteiger partial charge in [0.25, 0.3) is 0 Å². The molecule has 16 heavy (non-hydrogen) atoms. The molecule has 0 saturated carbocycles. The highest BCUT2D eigenvalue weighted by atomic mass is 35.5. The van der Waals surface area contributed by atoms with E-state index >= 15 is 0 Å². The van der Waals surface area contributed by atoms with E-state index in [-0.39, 0.29) is 0 Å². The SMILES string of the molecule is COc1cc(Cl)c(-c2cnc(N)s2)cc1Cl. The van der Waals surface area contributed by atoms with Crippen LogP contribution < -0.4 is 10.5 Å². The number of benzene rings is 1. The number of hydrogen-bond donors (Lipinski definition) is 1. The largest absolute Gasteiger partial charge is 0.495 e. The highest BCUT2D eigenvalue weighted by Crippen LogP contribution is 2.38. The molecular formula is C10H8Cl2N2OS. The van der Waals surface area contributed by atoms with Gasteiger partial charge in [-0.1, -0.05) is 34.5 Å². The summed E-state index contributed by atoms with van der Waals surface area (Å²) in [6, 6.07) is 3.42. The number of nitrogen functional groups attached to an aromatic ring is 1. The molecule has 0 spiro atoms. The number of halogens is 2. The van der Waals surface area contributed by atoms with Crippen molar-refractivity contribution in [2.24, 2.45) is 0 Å². The number of ether oxygens (including phenoxy) is 1. The minimum atomic E-state index is 0.498. The summed E-state index contributed by atoms with van der Waals surface area (Å²) in [5.41, 5.74) is 6.37. The van der Waals surface area contributed by atoms with Gasteiger partial charge in [-0.15, -0.1) is 0 Å². The third-order valence-electron chi connectivity index (χ3n) is 2.03. The molecule has 0 radical (unpaired) electrons. The van der Waals surface area contributed by atoms with Crippen LogP contribution >= 0.6 is 34.5 Å². The molecule has 6 heteroatoms. The van der Waals surface area contributed by atoms with Crippen LogP contribution in [0.5, 0.6) is 5.75 Å². The number of nitrogens with two attached hydrogens (primary N) is 1. The second-order valence-corrected chi connectivity index (χ2v) is 4.91. The highest BCUT2D eigenvalue weighted by Gasteiger charge is 2.11. The van der Waals surface area contributed by atoms with Crippen molar-refractivity contribution in [1.29, 1.82) is 0 Å². The standard InChI is InChI=1S/C10H8Cl2N2OS/c1-15-8-3-6(11)5(2-7(8)12)9-4-14-10(13)16-9/h2-4H,1H3,(H2,13,14). The predicted molar refractivity (Wildman–Crippen MR) is 68.5 cm³/mol. The Balaban J connectivity index is 2.54. The second kappa shape index (κ2) is 4.49. The first kappa shape index (κ1) is 11.5. The molecule has 84 valence electrons. The molecule has 1 heterocycles. The maximum atomic E-state index is 6.12. The summed E-state index contributed by atoms with van der Waals surface area (Å²) in [6.45, 7) is 0. The lowest BCUT2D eigenvalue weighted by Crippen LogP contribution is -1.85. The number of hydrogen-bond acceptors (Lipinski definition) is 4. The van der Waals surface area contributed by atoms with E-state index in [0.717, 1.165) is 10.4 Å². The van der Waals surface area contributed by atoms with Crippen molar-refractivity contribution in [2.45, 2.75) is 0 Å². The van der Waals surface area contributed by atoms with Crippen LogP contribution in [0, 0.1) is 0 Å². The lowest BCUT2D eigenvalue weighted by molar-refractivity contribution is 0.415. The molecule has 0 saturated heterocycles. The quantitative estimate of drug-likeness (QED) is 0.908. The van der Waals surface area contributed by atoms with E-state index in [2.05, 4.69) is 4.98 Å². The summed E-state index contributed by atoms with van der Waals surface area (Å²) in [5.74, 6) is 0.549. The van der Waals surface area contributed by atoms with Crippen LogP contribution in [-0.4, -0.2) is 12.1 Å². The average molecular weight is 275 g/mol. The van der Waals surface area contributed by atoms with Crippen molar-refractivity contribution in [2.75, 3.05) is 12.8 Å². The van der Waals surface area contributed by atoms with Crippen LogP contribution in [0.1, 0.15) is 0 Å². The van der Waals surface area contributed by atoms with Crippen molar-refractivity contribution in [3.63, 3.8) is 0 Å². The summed E-state index contributed by atoms with van der Waals surface area (Å²) < 4.78 is 5.07. The zero-order chi connectivity index (χ0) is 11.7. The average Bonchev–Trinajstić information content (AvgIpc) is 2.67. The molecule has 0 unspecified atom stereocenters.